The third-order valence-electron chi connectivity index (χ3n) is 6.45. The van der Waals surface area contributed by atoms with Crippen molar-refractivity contribution in [3.05, 3.63) is 53.4 Å². The van der Waals surface area contributed by atoms with Crippen LogP contribution in [0.1, 0.15) is 79.1 Å². The Bertz CT molecular complexity index is 1160. The van der Waals surface area contributed by atoms with Crippen LogP contribution in [-0.2, 0) is 11.3 Å². The molecule has 2 N–H and O–H groups in total. The van der Waals surface area contributed by atoms with E-state index in [4.69, 9.17) is 10.7 Å². The molecule has 0 radical (unpaired) electrons. The predicted octanol–water partition coefficient (Wildman–Crippen LogP) is 3.54. The summed E-state index contributed by atoms with van der Waals surface area (Å²) in [5.41, 5.74) is 8.46. The molecular weight excluding hydrogens is 416 g/mol. The minimum Gasteiger partial charge on any atom is -0.365 e. The molecule has 1 saturated heterocycles. The summed E-state index contributed by atoms with van der Waals surface area (Å²) >= 11 is 0. The van der Waals surface area contributed by atoms with Crippen LogP contribution in [0.3, 0.4) is 0 Å². The minimum atomic E-state index is -0.510. The highest BCUT2D eigenvalue weighted by atomic mass is 16.2. The number of primary amides is 1. The SMILES string of the molecule is Cc1nc(C2CCN(C(=O)CCCn3c(C(C)C)nc4ccccc43)CC2)ncc1C(N)=O. The number of hydrogen-bond donors (Lipinski definition) is 1. The zero-order chi connectivity index (χ0) is 23.5. The fraction of sp³-hybridized carbons (Fsp3) is 0.480. The van der Waals surface area contributed by atoms with Crippen LogP contribution in [0.5, 0.6) is 0 Å². The summed E-state index contributed by atoms with van der Waals surface area (Å²) in [6, 6.07) is 8.18. The first-order chi connectivity index (χ1) is 15.8. The van der Waals surface area contributed by atoms with Gasteiger partial charge in [-0.2, -0.15) is 0 Å². The highest BCUT2D eigenvalue weighted by Crippen LogP contribution is 2.27. The lowest BCUT2D eigenvalue weighted by molar-refractivity contribution is -0.132. The number of amides is 2. The summed E-state index contributed by atoms with van der Waals surface area (Å²) in [5, 5.41) is 0. The molecule has 1 aromatic carbocycles. The average Bonchev–Trinajstić information content (AvgIpc) is 3.18. The molecule has 2 aromatic heterocycles. The van der Waals surface area contributed by atoms with Crippen molar-refractivity contribution in [3.63, 3.8) is 0 Å². The summed E-state index contributed by atoms with van der Waals surface area (Å²) in [5.74, 6) is 2.02. The molecule has 0 atom stereocenters. The van der Waals surface area contributed by atoms with Gasteiger partial charge in [-0.25, -0.2) is 15.0 Å². The van der Waals surface area contributed by atoms with Crippen molar-refractivity contribution in [1.29, 1.82) is 0 Å². The Balaban J connectivity index is 1.32. The van der Waals surface area contributed by atoms with Gasteiger partial charge in [-0.15, -0.1) is 0 Å². The number of piperidine rings is 1. The number of benzene rings is 1. The Morgan fingerprint density at radius 1 is 1.15 bits per heavy atom. The van der Waals surface area contributed by atoms with Gasteiger partial charge in [-0.3, -0.25) is 9.59 Å². The normalized spacial score (nSPS) is 14.8. The molecule has 4 rings (SSSR count). The molecule has 33 heavy (non-hydrogen) atoms. The van der Waals surface area contributed by atoms with Crippen molar-refractivity contribution in [1.82, 2.24) is 24.4 Å². The number of nitrogens with two attached hydrogens (primary N) is 1. The second-order valence-electron chi connectivity index (χ2n) is 9.12. The monoisotopic (exact) mass is 448 g/mol. The molecule has 0 saturated carbocycles. The molecule has 1 aliphatic rings. The largest absolute Gasteiger partial charge is 0.365 e. The molecule has 174 valence electrons. The van der Waals surface area contributed by atoms with E-state index in [2.05, 4.69) is 34.4 Å². The molecule has 0 spiro atoms. The molecule has 0 bridgehead atoms. The van der Waals surface area contributed by atoms with Crippen molar-refractivity contribution in [2.45, 2.75) is 64.8 Å². The van der Waals surface area contributed by atoms with Crippen LogP contribution in [0.4, 0.5) is 0 Å². The number of aryl methyl sites for hydroxylation is 2. The van der Waals surface area contributed by atoms with Crippen LogP contribution in [-0.4, -0.2) is 49.3 Å². The summed E-state index contributed by atoms with van der Waals surface area (Å²) in [6.45, 7) is 8.27. The topological polar surface area (TPSA) is 107 Å². The quantitative estimate of drug-likeness (QED) is 0.595. The van der Waals surface area contributed by atoms with Crippen molar-refractivity contribution >= 4 is 22.8 Å². The molecule has 0 unspecified atom stereocenters. The zero-order valence-corrected chi connectivity index (χ0v) is 19.6. The van der Waals surface area contributed by atoms with Gasteiger partial charge in [0.15, 0.2) is 0 Å². The maximum Gasteiger partial charge on any atom is 0.252 e. The Hall–Kier alpha value is -3.29. The number of hydrogen-bond acceptors (Lipinski definition) is 5. The zero-order valence-electron chi connectivity index (χ0n) is 19.6. The molecule has 8 heteroatoms. The Morgan fingerprint density at radius 2 is 1.88 bits per heavy atom. The number of aromatic nitrogens is 4. The first-order valence-electron chi connectivity index (χ1n) is 11.7. The predicted molar refractivity (Wildman–Crippen MR) is 127 cm³/mol. The molecule has 1 fully saturated rings. The number of imidazole rings is 1. The summed E-state index contributed by atoms with van der Waals surface area (Å²) in [6.07, 6.45) is 4.48. The molecule has 2 amide bonds. The van der Waals surface area contributed by atoms with E-state index in [1.54, 1.807) is 6.92 Å². The second kappa shape index (κ2) is 9.68. The van der Waals surface area contributed by atoms with Crippen LogP contribution >= 0.6 is 0 Å². The van der Waals surface area contributed by atoms with E-state index in [0.29, 0.717) is 36.7 Å². The number of carbonyl (C=O) groups is 2. The van der Waals surface area contributed by atoms with Crippen LogP contribution < -0.4 is 5.73 Å². The van der Waals surface area contributed by atoms with E-state index in [1.165, 1.54) is 6.20 Å². The minimum absolute atomic E-state index is 0.195. The van der Waals surface area contributed by atoms with E-state index in [0.717, 1.165) is 48.5 Å². The highest BCUT2D eigenvalue weighted by Gasteiger charge is 2.26. The van der Waals surface area contributed by atoms with Gasteiger partial charge in [0, 0.05) is 44.1 Å². The number of likely N-dealkylation sites (tertiary alicyclic amines) is 1. The van der Waals surface area contributed by atoms with Gasteiger partial charge < -0.3 is 15.2 Å². The Morgan fingerprint density at radius 3 is 2.55 bits per heavy atom. The molecule has 0 aliphatic carbocycles. The number of para-hydroxylation sites is 2. The van der Waals surface area contributed by atoms with E-state index in [-0.39, 0.29) is 11.8 Å². The molecule has 3 aromatic rings. The summed E-state index contributed by atoms with van der Waals surface area (Å²) in [4.78, 5) is 39.8. The van der Waals surface area contributed by atoms with Crippen molar-refractivity contribution in [2.75, 3.05) is 13.1 Å². The maximum absolute atomic E-state index is 12.8. The van der Waals surface area contributed by atoms with Gasteiger partial charge in [0.1, 0.15) is 11.6 Å². The average molecular weight is 449 g/mol. The van der Waals surface area contributed by atoms with E-state index >= 15 is 0 Å². The first kappa shape index (κ1) is 22.9. The molecule has 3 heterocycles. The third kappa shape index (κ3) is 4.89. The van der Waals surface area contributed by atoms with Crippen LogP contribution in [0.15, 0.2) is 30.5 Å². The lowest BCUT2D eigenvalue weighted by Crippen LogP contribution is -2.38. The highest BCUT2D eigenvalue weighted by molar-refractivity contribution is 5.93. The lowest BCUT2D eigenvalue weighted by Gasteiger charge is -2.31. The van der Waals surface area contributed by atoms with Gasteiger partial charge in [0.05, 0.1) is 22.3 Å². The Kier molecular flexibility index (Phi) is 6.72. The summed E-state index contributed by atoms with van der Waals surface area (Å²) < 4.78 is 2.26. The number of fused-ring (bicyclic) bond motifs is 1. The van der Waals surface area contributed by atoms with Crippen LogP contribution in [0, 0.1) is 6.92 Å². The maximum atomic E-state index is 12.8. The molecular formula is C25H32N6O2. The lowest BCUT2D eigenvalue weighted by atomic mass is 9.95. The van der Waals surface area contributed by atoms with Gasteiger partial charge >= 0.3 is 0 Å². The fourth-order valence-corrected chi connectivity index (χ4v) is 4.63. The third-order valence-corrected chi connectivity index (χ3v) is 6.45. The summed E-state index contributed by atoms with van der Waals surface area (Å²) in [7, 11) is 0. The van der Waals surface area contributed by atoms with Crippen molar-refractivity contribution < 1.29 is 9.59 Å². The van der Waals surface area contributed by atoms with Gasteiger partial charge in [0.2, 0.25) is 5.91 Å². The van der Waals surface area contributed by atoms with Crippen LogP contribution in [0.25, 0.3) is 11.0 Å². The van der Waals surface area contributed by atoms with E-state index in [1.807, 2.05) is 23.1 Å². The standard InChI is InChI=1S/C25H32N6O2/c1-16(2)25-29-20-7-4-5-8-21(20)31(25)12-6-9-22(32)30-13-10-18(11-14-30)24-27-15-19(23(26)33)17(3)28-24/h4-5,7-8,15-16,18H,6,9-14H2,1-3H3,(H2,26,33). The fourth-order valence-electron chi connectivity index (χ4n) is 4.63. The van der Waals surface area contributed by atoms with Crippen LogP contribution in [0.2, 0.25) is 0 Å². The van der Waals surface area contributed by atoms with Gasteiger partial charge in [-0.1, -0.05) is 26.0 Å². The molecule has 1 aliphatic heterocycles. The van der Waals surface area contributed by atoms with E-state index in [9.17, 15) is 9.59 Å². The van der Waals surface area contributed by atoms with Crippen molar-refractivity contribution in [3.8, 4) is 0 Å². The number of carbonyl (C=O) groups excluding carboxylic acids is 2. The second-order valence-corrected chi connectivity index (χ2v) is 9.12. The van der Waals surface area contributed by atoms with Gasteiger partial charge in [-0.05, 0) is 38.3 Å². The van der Waals surface area contributed by atoms with Crippen molar-refractivity contribution in [2.24, 2.45) is 5.73 Å². The van der Waals surface area contributed by atoms with Gasteiger partial charge in [0.25, 0.3) is 5.91 Å². The smallest absolute Gasteiger partial charge is 0.252 e. The van der Waals surface area contributed by atoms with E-state index < -0.39 is 5.91 Å². The molecule has 8 nitrogen and oxygen atoms in total. The number of rotatable bonds is 7. The Labute approximate surface area is 194 Å². The number of nitrogens with zero attached hydrogens (tertiary/aromatic N) is 5. The first-order valence-corrected chi connectivity index (χ1v) is 11.7.